The van der Waals surface area contributed by atoms with Gasteiger partial charge in [-0.2, -0.15) is 0 Å². The first-order chi connectivity index (χ1) is 13.5. The summed E-state index contributed by atoms with van der Waals surface area (Å²) in [6.45, 7) is 2.57. The zero-order valence-electron chi connectivity index (χ0n) is 16.1. The summed E-state index contributed by atoms with van der Waals surface area (Å²) in [5, 5.41) is 20.7. The molecule has 4 nitrogen and oxygen atoms in total. The van der Waals surface area contributed by atoms with Crippen molar-refractivity contribution in [1.82, 2.24) is 4.90 Å². The van der Waals surface area contributed by atoms with Crippen molar-refractivity contribution in [1.29, 1.82) is 0 Å². The van der Waals surface area contributed by atoms with Crippen molar-refractivity contribution in [2.24, 2.45) is 0 Å². The smallest absolute Gasteiger partial charge is 0.162 e. The van der Waals surface area contributed by atoms with Crippen LogP contribution in [0.5, 0.6) is 0 Å². The summed E-state index contributed by atoms with van der Waals surface area (Å²) in [5.74, 6) is 0.140. The molecule has 150 valence electrons. The van der Waals surface area contributed by atoms with Gasteiger partial charge < -0.3 is 15.1 Å². The molecular weight excluding hydrogens is 374 g/mol. The van der Waals surface area contributed by atoms with Gasteiger partial charge in [-0.05, 0) is 49.1 Å². The highest BCUT2D eigenvalue weighted by molar-refractivity contribution is 6.30. The average Bonchev–Trinajstić information content (AvgIpc) is 2.71. The molecule has 3 rings (SSSR count). The van der Waals surface area contributed by atoms with Crippen LogP contribution in [0, 0.1) is 0 Å². The van der Waals surface area contributed by atoms with Gasteiger partial charge in [-0.15, -0.1) is 0 Å². The molecule has 5 heteroatoms. The first-order valence-electron chi connectivity index (χ1n) is 9.90. The van der Waals surface area contributed by atoms with Crippen molar-refractivity contribution in [3.8, 4) is 0 Å². The number of aliphatic hydroxyl groups is 2. The van der Waals surface area contributed by atoms with E-state index in [0.717, 1.165) is 50.0 Å². The Morgan fingerprint density at radius 2 is 1.61 bits per heavy atom. The molecule has 0 spiro atoms. The van der Waals surface area contributed by atoms with E-state index >= 15 is 0 Å². The number of piperidine rings is 1. The fourth-order valence-electron chi connectivity index (χ4n) is 3.76. The number of hydrogen-bond donors (Lipinski definition) is 2. The van der Waals surface area contributed by atoms with Crippen LogP contribution in [0.25, 0.3) is 0 Å². The molecule has 28 heavy (non-hydrogen) atoms. The van der Waals surface area contributed by atoms with Gasteiger partial charge >= 0.3 is 0 Å². The number of ketones is 1. The van der Waals surface area contributed by atoms with Crippen LogP contribution in [0.2, 0.25) is 5.02 Å². The SMILES string of the molecule is O=C(CCCN1CCC(O)(Cc2ccc(Cl)cc2)CC1)c1ccc(CO)cc1. The van der Waals surface area contributed by atoms with Crippen LogP contribution >= 0.6 is 11.6 Å². The Labute approximate surface area is 171 Å². The van der Waals surface area contributed by atoms with Crippen molar-refractivity contribution in [3.63, 3.8) is 0 Å². The summed E-state index contributed by atoms with van der Waals surface area (Å²) < 4.78 is 0. The average molecular weight is 402 g/mol. The standard InChI is InChI=1S/C23H28ClNO3/c24-21-9-5-18(6-10-21)16-23(28)11-14-25(15-12-23)13-1-2-22(27)20-7-3-19(17-26)4-8-20/h3-10,26,28H,1-2,11-17H2. The van der Waals surface area contributed by atoms with Gasteiger partial charge in [-0.1, -0.05) is 48.0 Å². The first kappa shape index (κ1) is 21.0. The Balaban J connectivity index is 1.40. The van der Waals surface area contributed by atoms with Gasteiger partial charge in [0.25, 0.3) is 0 Å². The largest absolute Gasteiger partial charge is 0.392 e. The lowest BCUT2D eigenvalue weighted by molar-refractivity contribution is -0.0207. The van der Waals surface area contributed by atoms with E-state index in [0.29, 0.717) is 23.4 Å². The van der Waals surface area contributed by atoms with Gasteiger partial charge in [0.05, 0.1) is 12.2 Å². The highest BCUT2D eigenvalue weighted by atomic mass is 35.5. The quantitative estimate of drug-likeness (QED) is 0.659. The molecule has 1 heterocycles. The lowest BCUT2D eigenvalue weighted by Gasteiger charge is -2.38. The molecule has 0 radical (unpaired) electrons. The topological polar surface area (TPSA) is 60.8 Å². The number of aliphatic hydroxyl groups excluding tert-OH is 1. The van der Waals surface area contributed by atoms with Crippen LogP contribution in [-0.2, 0) is 13.0 Å². The van der Waals surface area contributed by atoms with E-state index in [2.05, 4.69) is 4.90 Å². The zero-order chi connectivity index (χ0) is 20.0. The van der Waals surface area contributed by atoms with Gasteiger partial charge in [0, 0.05) is 36.5 Å². The molecule has 1 fully saturated rings. The molecule has 1 aliphatic rings. The molecule has 0 atom stereocenters. The molecule has 0 amide bonds. The van der Waals surface area contributed by atoms with Gasteiger partial charge in [0.15, 0.2) is 5.78 Å². The lowest BCUT2D eigenvalue weighted by atomic mass is 9.85. The summed E-state index contributed by atoms with van der Waals surface area (Å²) >= 11 is 5.93. The molecule has 0 unspecified atom stereocenters. The Morgan fingerprint density at radius 3 is 2.21 bits per heavy atom. The summed E-state index contributed by atoms with van der Waals surface area (Å²) in [6, 6.07) is 14.8. The summed E-state index contributed by atoms with van der Waals surface area (Å²) in [5.41, 5.74) is 1.97. The van der Waals surface area contributed by atoms with E-state index in [1.165, 1.54) is 0 Å². The van der Waals surface area contributed by atoms with Gasteiger partial charge in [0.1, 0.15) is 0 Å². The Bertz CT molecular complexity index is 765. The minimum Gasteiger partial charge on any atom is -0.392 e. The van der Waals surface area contributed by atoms with E-state index in [4.69, 9.17) is 16.7 Å². The molecule has 0 aromatic heterocycles. The van der Waals surface area contributed by atoms with Gasteiger partial charge in [0.2, 0.25) is 0 Å². The number of halogens is 1. The van der Waals surface area contributed by atoms with Crippen molar-refractivity contribution in [3.05, 3.63) is 70.2 Å². The Morgan fingerprint density at radius 1 is 1.00 bits per heavy atom. The second-order valence-corrected chi connectivity index (χ2v) is 8.19. The van der Waals surface area contributed by atoms with Crippen LogP contribution in [0.4, 0.5) is 0 Å². The first-order valence-corrected chi connectivity index (χ1v) is 10.3. The third kappa shape index (κ3) is 5.89. The van der Waals surface area contributed by atoms with Crippen molar-refractivity contribution in [2.75, 3.05) is 19.6 Å². The maximum atomic E-state index is 12.3. The molecule has 0 aliphatic carbocycles. The number of likely N-dealkylation sites (tertiary alicyclic amines) is 1. The summed E-state index contributed by atoms with van der Waals surface area (Å²) in [7, 11) is 0. The molecular formula is C23H28ClNO3. The van der Waals surface area contributed by atoms with Gasteiger partial charge in [-0.3, -0.25) is 4.79 Å². The molecule has 0 saturated carbocycles. The van der Waals surface area contributed by atoms with Crippen molar-refractivity contribution < 1.29 is 15.0 Å². The number of carbonyl (C=O) groups is 1. The second-order valence-electron chi connectivity index (χ2n) is 7.75. The van der Waals surface area contributed by atoms with Crippen molar-refractivity contribution in [2.45, 2.75) is 44.3 Å². The monoisotopic (exact) mass is 401 g/mol. The normalized spacial score (nSPS) is 16.8. The van der Waals surface area contributed by atoms with Crippen LogP contribution in [-0.4, -0.2) is 46.1 Å². The summed E-state index contributed by atoms with van der Waals surface area (Å²) in [6.07, 6.45) is 3.47. The molecule has 2 aromatic carbocycles. The predicted octanol–water partition coefficient (Wildman–Crippen LogP) is 3.86. The fourth-order valence-corrected chi connectivity index (χ4v) is 3.88. The molecule has 2 aromatic rings. The highest BCUT2D eigenvalue weighted by Crippen LogP contribution is 2.27. The number of carbonyl (C=O) groups excluding carboxylic acids is 1. The number of Topliss-reactive ketones (excluding diaryl/α,β-unsaturated/α-hetero) is 1. The molecule has 0 bridgehead atoms. The molecule has 2 N–H and O–H groups in total. The lowest BCUT2D eigenvalue weighted by Crippen LogP contribution is -2.45. The number of nitrogens with zero attached hydrogens (tertiary/aromatic N) is 1. The maximum absolute atomic E-state index is 12.3. The van der Waals surface area contributed by atoms with Crippen LogP contribution in [0.1, 0.15) is 47.2 Å². The van der Waals surface area contributed by atoms with E-state index in [1.807, 2.05) is 24.3 Å². The zero-order valence-corrected chi connectivity index (χ0v) is 16.9. The van der Waals surface area contributed by atoms with E-state index in [1.54, 1.807) is 24.3 Å². The van der Waals surface area contributed by atoms with E-state index in [-0.39, 0.29) is 12.4 Å². The number of hydrogen-bond acceptors (Lipinski definition) is 4. The Kier molecular flexibility index (Phi) is 7.24. The second kappa shape index (κ2) is 9.66. The minimum atomic E-state index is -0.658. The fraction of sp³-hybridized carbons (Fsp3) is 0.435. The summed E-state index contributed by atoms with van der Waals surface area (Å²) in [4.78, 5) is 14.6. The van der Waals surface area contributed by atoms with Crippen LogP contribution in [0.3, 0.4) is 0 Å². The Hall–Kier alpha value is -1.72. The highest BCUT2D eigenvalue weighted by Gasteiger charge is 2.32. The number of benzene rings is 2. The van der Waals surface area contributed by atoms with Crippen LogP contribution < -0.4 is 0 Å². The predicted molar refractivity (Wildman–Crippen MR) is 112 cm³/mol. The van der Waals surface area contributed by atoms with Gasteiger partial charge in [-0.25, -0.2) is 0 Å². The maximum Gasteiger partial charge on any atom is 0.162 e. The molecule has 1 saturated heterocycles. The van der Waals surface area contributed by atoms with E-state index < -0.39 is 5.60 Å². The van der Waals surface area contributed by atoms with E-state index in [9.17, 15) is 9.90 Å². The van der Waals surface area contributed by atoms with Crippen molar-refractivity contribution >= 4 is 17.4 Å². The van der Waals surface area contributed by atoms with Crippen LogP contribution in [0.15, 0.2) is 48.5 Å². The minimum absolute atomic E-state index is 0.00615. The molecule has 1 aliphatic heterocycles. The third-order valence-electron chi connectivity index (χ3n) is 5.57. The third-order valence-corrected chi connectivity index (χ3v) is 5.82. The number of rotatable bonds is 8.